The largest absolute Gasteiger partial charge is 0.456 e. The van der Waals surface area contributed by atoms with Crippen LogP contribution in [0.15, 0.2) is 186 Å². The molecule has 0 saturated heterocycles. The van der Waals surface area contributed by atoms with Gasteiger partial charge in [0.25, 0.3) is 0 Å². The summed E-state index contributed by atoms with van der Waals surface area (Å²) in [5, 5.41) is 4.78. The van der Waals surface area contributed by atoms with Gasteiger partial charge < -0.3 is 19.0 Å². The maximum absolute atomic E-state index is 6.75. The van der Waals surface area contributed by atoms with E-state index in [1.165, 1.54) is 25.7 Å². The van der Waals surface area contributed by atoms with Gasteiger partial charge in [0, 0.05) is 65.8 Å². The van der Waals surface area contributed by atoms with Gasteiger partial charge in [-0.1, -0.05) is 97.1 Å². The Morgan fingerprint density at radius 1 is 0.415 bits per heavy atom. The monoisotopic (exact) mass is 698 g/mol. The lowest BCUT2D eigenvalue weighted by atomic mass is 10.0. The Balaban J connectivity index is 1.08. The van der Waals surface area contributed by atoms with Crippen LogP contribution < -0.4 is 14.5 Å². The number of furan rings is 1. The average molecular weight is 699 g/mol. The second-order valence-electron chi connectivity index (χ2n) is 13.4. The number of nitrogens with zero attached hydrogens (tertiary/aromatic N) is 2. The quantitative estimate of drug-likeness (QED) is 0.179. The SMILES string of the molecule is c1ccc(-c2cccc(N(c3ccc4c(c3)Oc3ccccc3N4c3ccc4c(c3)sc3ccccc34)c3ccc4c(c3)oc3ccccc34)c2)cc1. The normalized spacial score (nSPS) is 12.3. The van der Waals surface area contributed by atoms with E-state index < -0.39 is 0 Å². The first kappa shape index (κ1) is 29.9. The second-order valence-corrected chi connectivity index (χ2v) is 14.5. The molecule has 0 aliphatic carbocycles. The zero-order valence-corrected chi connectivity index (χ0v) is 29.3. The molecule has 0 spiro atoms. The zero-order chi connectivity index (χ0) is 34.9. The highest BCUT2D eigenvalue weighted by Gasteiger charge is 2.28. The van der Waals surface area contributed by atoms with E-state index in [0.717, 1.165) is 73.1 Å². The molecular weight excluding hydrogens is 669 g/mol. The van der Waals surface area contributed by atoms with E-state index in [4.69, 9.17) is 9.15 Å². The average Bonchev–Trinajstić information content (AvgIpc) is 3.78. The second kappa shape index (κ2) is 11.9. The Labute approximate surface area is 310 Å². The van der Waals surface area contributed by atoms with Gasteiger partial charge in [0.1, 0.15) is 11.2 Å². The molecule has 5 heteroatoms. The first-order valence-electron chi connectivity index (χ1n) is 17.7. The van der Waals surface area contributed by atoms with Crippen molar-refractivity contribution in [3.05, 3.63) is 182 Å². The molecule has 11 rings (SSSR count). The van der Waals surface area contributed by atoms with Gasteiger partial charge >= 0.3 is 0 Å². The lowest BCUT2D eigenvalue weighted by molar-refractivity contribution is 0.477. The number of ether oxygens (including phenoxy) is 1. The predicted molar refractivity (Wildman–Crippen MR) is 221 cm³/mol. The molecule has 0 fully saturated rings. The molecule has 1 aliphatic heterocycles. The first-order chi connectivity index (χ1) is 26.2. The van der Waals surface area contributed by atoms with E-state index in [1.807, 2.05) is 35.6 Å². The molecule has 0 saturated carbocycles. The lowest BCUT2D eigenvalue weighted by Gasteiger charge is -2.34. The number of anilines is 6. The third kappa shape index (κ3) is 4.90. The molecule has 0 amide bonds. The van der Waals surface area contributed by atoms with Gasteiger partial charge in [-0.2, -0.15) is 0 Å². The fourth-order valence-electron chi connectivity index (χ4n) is 7.77. The lowest BCUT2D eigenvalue weighted by Crippen LogP contribution is -2.17. The van der Waals surface area contributed by atoms with Crippen LogP contribution in [0.3, 0.4) is 0 Å². The van der Waals surface area contributed by atoms with Crippen molar-refractivity contribution in [2.24, 2.45) is 0 Å². The minimum absolute atomic E-state index is 0.784. The van der Waals surface area contributed by atoms with Crippen LogP contribution in [-0.2, 0) is 0 Å². The molecule has 0 atom stereocenters. The smallest absolute Gasteiger partial charge is 0.153 e. The van der Waals surface area contributed by atoms with Gasteiger partial charge in [0.05, 0.1) is 11.4 Å². The van der Waals surface area contributed by atoms with Gasteiger partial charge in [0.2, 0.25) is 0 Å². The first-order valence-corrected chi connectivity index (χ1v) is 18.6. The summed E-state index contributed by atoms with van der Waals surface area (Å²) in [5.41, 5.74) is 10.1. The van der Waals surface area contributed by atoms with Crippen molar-refractivity contribution >= 4 is 87.6 Å². The van der Waals surface area contributed by atoms with Crippen LogP contribution in [0.1, 0.15) is 0 Å². The van der Waals surface area contributed by atoms with Crippen molar-refractivity contribution in [3.63, 3.8) is 0 Å². The summed E-state index contributed by atoms with van der Waals surface area (Å²) in [5.74, 6) is 1.60. The van der Waals surface area contributed by atoms with Crippen LogP contribution >= 0.6 is 11.3 Å². The van der Waals surface area contributed by atoms with Crippen molar-refractivity contribution in [3.8, 4) is 22.6 Å². The Kier molecular flexibility index (Phi) is 6.69. The van der Waals surface area contributed by atoms with E-state index in [0.29, 0.717) is 0 Å². The van der Waals surface area contributed by atoms with Crippen molar-refractivity contribution in [1.29, 1.82) is 0 Å². The number of hydrogen-bond acceptors (Lipinski definition) is 5. The highest BCUT2D eigenvalue weighted by Crippen LogP contribution is 2.53. The minimum atomic E-state index is 0.784. The maximum Gasteiger partial charge on any atom is 0.153 e. The molecule has 8 aromatic carbocycles. The Morgan fingerprint density at radius 3 is 2.04 bits per heavy atom. The molecule has 3 heterocycles. The van der Waals surface area contributed by atoms with Gasteiger partial charge in [-0.3, -0.25) is 0 Å². The highest BCUT2D eigenvalue weighted by atomic mass is 32.1. The summed E-state index contributed by atoms with van der Waals surface area (Å²) >= 11 is 1.83. The van der Waals surface area contributed by atoms with Crippen molar-refractivity contribution < 1.29 is 9.15 Å². The van der Waals surface area contributed by atoms with Crippen LogP contribution in [0.2, 0.25) is 0 Å². The summed E-state index contributed by atoms with van der Waals surface area (Å²) in [6.45, 7) is 0. The molecule has 0 unspecified atom stereocenters. The molecule has 0 radical (unpaired) electrons. The molecule has 53 heavy (non-hydrogen) atoms. The summed E-state index contributed by atoms with van der Waals surface area (Å²) in [6.07, 6.45) is 0. The minimum Gasteiger partial charge on any atom is -0.456 e. The molecule has 4 nitrogen and oxygen atoms in total. The number of benzene rings is 8. The van der Waals surface area contributed by atoms with E-state index in [-0.39, 0.29) is 0 Å². The molecule has 10 aromatic rings. The van der Waals surface area contributed by atoms with Crippen LogP contribution in [0.25, 0.3) is 53.2 Å². The summed E-state index contributed by atoms with van der Waals surface area (Å²) in [6, 6.07) is 64.2. The molecule has 1 aliphatic rings. The third-order valence-electron chi connectivity index (χ3n) is 10.2. The molecular formula is C48H30N2O2S. The number of rotatable bonds is 5. The number of fused-ring (bicyclic) bond motifs is 8. The van der Waals surface area contributed by atoms with Crippen molar-refractivity contribution in [1.82, 2.24) is 0 Å². The number of para-hydroxylation sites is 3. The van der Waals surface area contributed by atoms with Crippen molar-refractivity contribution in [2.45, 2.75) is 0 Å². The Morgan fingerprint density at radius 2 is 1.09 bits per heavy atom. The van der Waals surface area contributed by atoms with Crippen LogP contribution in [-0.4, -0.2) is 0 Å². The Hall–Kier alpha value is -6.82. The van der Waals surface area contributed by atoms with Gasteiger partial charge in [-0.15, -0.1) is 11.3 Å². The van der Waals surface area contributed by atoms with Crippen LogP contribution in [0.4, 0.5) is 34.1 Å². The fraction of sp³-hybridized carbons (Fsp3) is 0. The standard InChI is InChI=1S/C48H30N2O2S/c1-2-11-31(12-3-1)32-13-10-14-33(27-32)49(34-21-24-38-37-15-4-7-18-43(37)51-45(38)28-34)35-23-26-42-46(29-35)52-44-19-8-6-17-41(44)50(42)36-22-25-40-39-16-5-9-20-47(39)53-48(40)30-36/h1-30H. The maximum atomic E-state index is 6.75. The van der Waals surface area contributed by atoms with E-state index >= 15 is 0 Å². The highest BCUT2D eigenvalue weighted by molar-refractivity contribution is 7.25. The van der Waals surface area contributed by atoms with Crippen LogP contribution in [0.5, 0.6) is 11.5 Å². The number of hydrogen-bond donors (Lipinski definition) is 0. The summed E-state index contributed by atoms with van der Waals surface area (Å²) in [4.78, 5) is 4.61. The van der Waals surface area contributed by atoms with Crippen LogP contribution in [0, 0.1) is 0 Å². The predicted octanol–water partition coefficient (Wildman–Crippen LogP) is 14.7. The van der Waals surface area contributed by atoms with Gasteiger partial charge in [-0.05, 0) is 83.9 Å². The number of thiophene rings is 1. The third-order valence-corrected chi connectivity index (χ3v) is 11.4. The van der Waals surface area contributed by atoms with E-state index in [2.05, 4.69) is 168 Å². The molecule has 0 bridgehead atoms. The topological polar surface area (TPSA) is 28.9 Å². The fourth-order valence-corrected chi connectivity index (χ4v) is 8.91. The zero-order valence-electron chi connectivity index (χ0n) is 28.4. The van der Waals surface area contributed by atoms with Gasteiger partial charge in [0.15, 0.2) is 11.5 Å². The molecule has 250 valence electrons. The molecule has 0 N–H and O–H groups in total. The molecule has 2 aromatic heterocycles. The van der Waals surface area contributed by atoms with E-state index in [9.17, 15) is 0 Å². The van der Waals surface area contributed by atoms with Crippen molar-refractivity contribution in [2.75, 3.05) is 9.80 Å². The summed E-state index contributed by atoms with van der Waals surface area (Å²) in [7, 11) is 0. The van der Waals surface area contributed by atoms with E-state index in [1.54, 1.807) is 0 Å². The van der Waals surface area contributed by atoms with Gasteiger partial charge in [-0.25, -0.2) is 0 Å². The Bertz CT molecular complexity index is 3020. The summed E-state index contributed by atoms with van der Waals surface area (Å²) < 4.78 is 15.7.